The van der Waals surface area contributed by atoms with E-state index < -0.39 is 12.1 Å². The molecule has 1 aliphatic heterocycles. The van der Waals surface area contributed by atoms with Gasteiger partial charge in [0.15, 0.2) is 6.10 Å². The van der Waals surface area contributed by atoms with E-state index in [2.05, 4.69) is 12.2 Å². The largest absolute Gasteiger partial charge is 0.479 e. The standard InChI is InChI=1S/C13H22N2O4/c1-8(9-3-4-9)15(2)13(18)14-7-10-5-6-11(19-10)12(16)17/h8-11H,3-7H2,1-2H3,(H,14,18)(H,16,17). The minimum Gasteiger partial charge on any atom is -0.479 e. The molecule has 2 rings (SSSR count). The van der Waals surface area contributed by atoms with Gasteiger partial charge in [0.2, 0.25) is 0 Å². The number of carboxylic acid groups (broad SMARTS) is 1. The van der Waals surface area contributed by atoms with Gasteiger partial charge in [-0.2, -0.15) is 0 Å². The van der Waals surface area contributed by atoms with Gasteiger partial charge in [-0.05, 0) is 38.5 Å². The molecule has 108 valence electrons. The molecule has 1 aliphatic carbocycles. The van der Waals surface area contributed by atoms with E-state index in [1.165, 1.54) is 12.8 Å². The van der Waals surface area contributed by atoms with Gasteiger partial charge in [0.05, 0.1) is 6.10 Å². The average Bonchev–Trinajstić information content (AvgIpc) is 3.12. The van der Waals surface area contributed by atoms with Crippen LogP contribution in [-0.4, -0.2) is 53.8 Å². The summed E-state index contributed by atoms with van der Waals surface area (Å²) in [6.07, 6.45) is 2.69. The van der Waals surface area contributed by atoms with Gasteiger partial charge in [0, 0.05) is 19.6 Å². The Kier molecular flexibility index (Phi) is 4.29. The second-order valence-electron chi connectivity index (χ2n) is 5.54. The monoisotopic (exact) mass is 270 g/mol. The number of carboxylic acids is 1. The Morgan fingerprint density at radius 2 is 2.05 bits per heavy atom. The molecule has 1 heterocycles. The molecular formula is C13H22N2O4. The minimum absolute atomic E-state index is 0.109. The lowest BCUT2D eigenvalue weighted by molar-refractivity contribution is -0.149. The van der Waals surface area contributed by atoms with E-state index in [1.54, 1.807) is 11.9 Å². The fourth-order valence-corrected chi connectivity index (χ4v) is 2.44. The Balaban J connectivity index is 1.70. The smallest absolute Gasteiger partial charge is 0.332 e. The maximum Gasteiger partial charge on any atom is 0.332 e. The highest BCUT2D eigenvalue weighted by molar-refractivity contribution is 5.74. The van der Waals surface area contributed by atoms with Crippen LogP contribution in [0.3, 0.4) is 0 Å². The lowest BCUT2D eigenvalue weighted by Gasteiger charge is -2.25. The summed E-state index contributed by atoms with van der Waals surface area (Å²) in [5.41, 5.74) is 0. The Labute approximate surface area is 113 Å². The van der Waals surface area contributed by atoms with Crippen molar-refractivity contribution in [2.24, 2.45) is 5.92 Å². The minimum atomic E-state index is -0.923. The SMILES string of the molecule is CC(C1CC1)N(C)C(=O)NCC1CCC(C(=O)O)O1. The van der Waals surface area contributed by atoms with Crippen LogP contribution in [0.15, 0.2) is 0 Å². The number of amides is 2. The molecule has 1 saturated heterocycles. The zero-order valence-corrected chi connectivity index (χ0v) is 11.5. The van der Waals surface area contributed by atoms with Crippen LogP contribution in [0.4, 0.5) is 4.79 Å². The molecule has 1 saturated carbocycles. The van der Waals surface area contributed by atoms with Crippen LogP contribution in [0.2, 0.25) is 0 Å². The predicted octanol–water partition coefficient (Wildman–Crippen LogP) is 1.06. The lowest BCUT2D eigenvalue weighted by atomic mass is 10.2. The van der Waals surface area contributed by atoms with Gasteiger partial charge in [0.25, 0.3) is 0 Å². The van der Waals surface area contributed by atoms with Crippen LogP contribution in [-0.2, 0) is 9.53 Å². The fourth-order valence-electron chi connectivity index (χ4n) is 2.44. The van der Waals surface area contributed by atoms with Crippen molar-refractivity contribution in [2.75, 3.05) is 13.6 Å². The van der Waals surface area contributed by atoms with Gasteiger partial charge in [-0.15, -0.1) is 0 Å². The summed E-state index contributed by atoms with van der Waals surface area (Å²) in [6, 6.07) is 0.151. The van der Waals surface area contributed by atoms with Crippen molar-refractivity contribution in [3.63, 3.8) is 0 Å². The Bertz CT molecular complexity index is 357. The third kappa shape index (κ3) is 3.59. The molecule has 2 N–H and O–H groups in total. The number of nitrogens with one attached hydrogen (secondary N) is 1. The maximum atomic E-state index is 11.9. The molecule has 19 heavy (non-hydrogen) atoms. The van der Waals surface area contributed by atoms with E-state index in [4.69, 9.17) is 9.84 Å². The lowest BCUT2D eigenvalue weighted by Crippen LogP contribution is -2.45. The molecule has 2 aliphatic rings. The summed E-state index contributed by atoms with van der Waals surface area (Å²) in [4.78, 5) is 24.4. The molecule has 0 radical (unpaired) electrons. The number of carbonyl (C=O) groups excluding carboxylic acids is 1. The summed E-state index contributed by atoms with van der Waals surface area (Å²) in [7, 11) is 1.80. The molecule has 6 heteroatoms. The van der Waals surface area contributed by atoms with Crippen LogP contribution in [0.1, 0.15) is 32.6 Å². The summed E-state index contributed by atoms with van der Waals surface area (Å²) >= 11 is 0. The highest BCUT2D eigenvalue weighted by Gasteiger charge is 2.33. The summed E-state index contributed by atoms with van der Waals surface area (Å²) in [5, 5.41) is 11.6. The number of carbonyl (C=O) groups is 2. The number of ether oxygens (including phenoxy) is 1. The van der Waals surface area contributed by atoms with Crippen molar-refractivity contribution in [1.29, 1.82) is 0 Å². The predicted molar refractivity (Wildman–Crippen MR) is 68.9 cm³/mol. The van der Waals surface area contributed by atoms with E-state index in [0.29, 0.717) is 25.3 Å². The van der Waals surface area contributed by atoms with Crippen molar-refractivity contribution in [2.45, 2.75) is 50.9 Å². The molecule has 0 aromatic carbocycles. The zero-order chi connectivity index (χ0) is 14.0. The Morgan fingerprint density at radius 1 is 1.37 bits per heavy atom. The molecule has 0 aromatic heterocycles. The van der Waals surface area contributed by atoms with Gasteiger partial charge in [-0.1, -0.05) is 0 Å². The van der Waals surface area contributed by atoms with Gasteiger partial charge >= 0.3 is 12.0 Å². The molecule has 0 spiro atoms. The number of urea groups is 1. The molecule has 3 unspecified atom stereocenters. The van der Waals surface area contributed by atoms with Crippen molar-refractivity contribution in [3.05, 3.63) is 0 Å². The molecular weight excluding hydrogens is 248 g/mol. The third-order valence-electron chi connectivity index (χ3n) is 4.10. The topological polar surface area (TPSA) is 78.9 Å². The van der Waals surface area contributed by atoms with Gasteiger partial charge < -0.3 is 20.1 Å². The fraction of sp³-hybridized carbons (Fsp3) is 0.846. The summed E-state index contributed by atoms with van der Waals surface area (Å²) in [5.74, 6) is -0.289. The number of rotatable bonds is 5. The molecule has 0 bridgehead atoms. The molecule has 2 fully saturated rings. The van der Waals surface area contributed by atoms with Crippen LogP contribution in [0, 0.1) is 5.92 Å². The van der Waals surface area contributed by atoms with E-state index in [1.807, 2.05) is 0 Å². The average molecular weight is 270 g/mol. The second-order valence-corrected chi connectivity index (χ2v) is 5.54. The Hall–Kier alpha value is -1.30. The maximum absolute atomic E-state index is 11.9. The number of aliphatic carboxylic acids is 1. The van der Waals surface area contributed by atoms with Crippen LogP contribution >= 0.6 is 0 Å². The zero-order valence-electron chi connectivity index (χ0n) is 11.5. The highest BCUT2D eigenvalue weighted by atomic mass is 16.5. The first kappa shape index (κ1) is 14.1. The first-order chi connectivity index (χ1) is 8.99. The van der Waals surface area contributed by atoms with Crippen LogP contribution in [0.5, 0.6) is 0 Å². The second kappa shape index (κ2) is 5.77. The summed E-state index contributed by atoms with van der Waals surface area (Å²) in [6.45, 7) is 2.44. The van der Waals surface area contributed by atoms with E-state index in [9.17, 15) is 9.59 Å². The Morgan fingerprint density at radius 3 is 2.58 bits per heavy atom. The number of hydrogen-bond donors (Lipinski definition) is 2. The molecule has 6 nitrogen and oxygen atoms in total. The highest BCUT2D eigenvalue weighted by Crippen LogP contribution is 2.34. The normalized spacial score (nSPS) is 27.9. The quantitative estimate of drug-likeness (QED) is 0.783. The van der Waals surface area contributed by atoms with Crippen molar-refractivity contribution in [3.8, 4) is 0 Å². The van der Waals surface area contributed by atoms with Gasteiger partial charge in [-0.3, -0.25) is 0 Å². The number of hydrogen-bond acceptors (Lipinski definition) is 3. The van der Waals surface area contributed by atoms with E-state index in [0.717, 1.165) is 0 Å². The van der Waals surface area contributed by atoms with Crippen LogP contribution < -0.4 is 5.32 Å². The van der Waals surface area contributed by atoms with E-state index >= 15 is 0 Å². The first-order valence-electron chi connectivity index (χ1n) is 6.88. The summed E-state index contributed by atoms with van der Waals surface area (Å²) < 4.78 is 5.34. The van der Waals surface area contributed by atoms with Crippen LogP contribution in [0.25, 0.3) is 0 Å². The van der Waals surface area contributed by atoms with Gasteiger partial charge in [-0.25, -0.2) is 9.59 Å². The van der Waals surface area contributed by atoms with E-state index in [-0.39, 0.29) is 18.2 Å². The molecule has 0 aromatic rings. The molecule has 3 atom stereocenters. The van der Waals surface area contributed by atoms with Gasteiger partial charge in [0.1, 0.15) is 0 Å². The first-order valence-corrected chi connectivity index (χ1v) is 6.88. The van der Waals surface area contributed by atoms with Crippen molar-refractivity contribution in [1.82, 2.24) is 10.2 Å². The third-order valence-corrected chi connectivity index (χ3v) is 4.10. The number of nitrogens with zero attached hydrogens (tertiary/aromatic N) is 1. The van der Waals surface area contributed by atoms with Crippen molar-refractivity contribution >= 4 is 12.0 Å². The van der Waals surface area contributed by atoms with Crippen molar-refractivity contribution < 1.29 is 19.4 Å². The molecule has 2 amide bonds.